The molecule has 0 aliphatic rings. The van der Waals surface area contributed by atoms with Gasteiger partial charge < -0.3 is 5.32 Å². The Hall–Kier alpha value is -2.76. The van der Waals surface area contributed by atoms with Gasteiger partial charge in [-0.3, -0.25) is 10.1 Å². The molecule has 2 N–H and O–H groups in total. The smallest absolute Gasteiger partial charge is 0.302 e. The number of imide groups is 1. The quantitative estimate of drug-likeness (QED) is 0.883. The molecular weight excluding hydrogens is 302 g/mol. The van der Waals surface area contributed by atoms with E-state index in [-0.39, 0.29) is 0 Å². The van der Waals surface area contributed by atoms with Gasteiger partial charge in [-0.1, -0.05) is 23.8 Å². The summed E-state index contributed by atoms with van der Waals surface area (Å²) in [5.41, 5.74) is 2.18. The van der Waals surface area contributed by atoms with E-state index in [1.807, 2.05) is 24.4 Å². The maximum atomic E-state index is 13.5. The van der Waals surface area contributed by atoms with Crippen molar-refractivity contribution in [3.8, 4) is 0 Å². The van der Waals surface area contributed by atoms with Crippen molar-refractivity contribution >= 4 is 17.6 Å². The molecule has 0 unspecified atom stereocenters. The van der Waals surface area contributed by atoms with Crippen LogP contribution in [0.4, 0.5) is 19.3 Å². The maximum Gasteiger partial charge on any atom is 0.326 e. The number of nitrogens with one attached hydrogen (secondary N) is 2. The van der Waals surface area contributed by atoms with Gasteiger partial charge in [0.05, 0.1) is 0 Å². The number of urea groups is 1. The first-order valence-corrected chi connectivity index (χ1v) is 6.93. The molecule has 0 radical (unpaired) electrons. The van der Waals surface area contributed by atoms with Crippen molar-refractivity contribution in [3.63, 3.8) is 0 Å². The Morgan fingerprint density at radius 3 is 2.00 bits per heavy atom. The average molecular weight is 318 g/mol. The largest absolute Gasteiger partial charge is 0.326 e. The molecule has 0 aliphatic carbocycles. The highest BCUT2D eigenvalue weighted by Gasteiger charge is 2.17. The molecule has 0 aliphatic heterocycles. The Balaban J connectivity index is 2.17. The lowest BCUT2D eigenvalue weighted by Gasteiger charge is -2.12. The first-order chi connectivity index (χ1) is 10.8. The normalized spacial score (nSPS) is 10.3. The molecule has 0 aromatic heterocycles. The van der Waals surface area contributed by atoms with Gasteiger partial charge in [0.25, 0.3) is 5.91 Å². The lowest BCUT2D eigenvalue weighted by Crippen LogP contribution is -2.35. The van der Waals surface area contributed by atoms with Crippen LogP contribution in [0.25, 0.3) is 0 Å². The molecular formula is C17H16F2N2O2. The molecule has 23 heavy (non-hydrogen) atoms. The highest BCUT2D eigenvalue weighted by atomic mass is 19.1. The molecule has 2 aromatic carbocycles. The van der Waals surface area contributed by atoms with Gasteiger partial charge in [-0.25, -0.2) is 13.6 Å². The Bertz CT molecular complexity index is 745. The Labute approximate surface area is 132 Å². The van der Waals surface area contributed by atoms with Crippen molar-refractivity contribution in [1.82, 2.24) is 5.32 Å². The molecule has 0 fully saturated rings. The fourth-order valence-corrected chi connectivity index (χ4v) is 2.47. The van der Waals surface area contributed by atoms with E-state index in [0.717, 1.165) is 17.7 Å². The number of rotatable bonds is 2. The molecule has 0 spiro atoms. The van der Waals surface area contributed by atoms with Crippen LogP contribution in [0.3, 0.4) is 0 Å². The predicted octanol–water partition coefficient (Wildman–Crippen LogP) is 3.85. The van der Waals surface area contributed by atoms with Gasteiger partial charge in [0.15, 0.2) is 0 Å². The number of halogens is 2. The van der Waals surface area contributed by atoms with Crippen LogP contribution < -0.4 is 10.6 Å². The van der Waals surface area contributed by atoms with E-state index in [1.54, 1.807) is 13.8 Å². The fourth-order valence-electron chi connectivity index (χ4n) is 2.47. The minimum absolute atomic E-state index is 0.361. The van der Waals surface area contributed by atoms with E-state index in [9.17, 15) is 18.4 Å². The molecule has 0 saturated carbocycles. The third kappa shape index (κ3) is 3.71. The summed E-state index contributed by atoms with van der Waals surface area (Å²) in [6, 6.07) is 5.83. The number of hydrogen-bond acceptors (Lipinski definition) is 2. The lowest BCUT2D eigenvalue weighted by molar-refractivity contribution is 0.0966. The van der Waals surface area contributed by atoms with E-state index in [0.29, 0.717) is 16.7 Å². The van der Waals surface area contributed by atoms with Crippen LogP contribution in [0.1, 0.15) is 27.0 Å². The molecule has 120 valence electrons. The number of anilines is 1. The molecule has 4 nitrogen and oxygen atoms in total. The highest BCUT2D eigenvalue weighted by molar-refractivity contribution is 6.09. The van der Waals surface area contributed by atoms with Gasteiger partial charge >= 0.3 is 6.03 Å². The second-order valence-corrected chi connectivity index (χ2v) is 5.28. The summed E-state index contributed by atoms with van der Waals surface area (Å²) in [5, 5.41) is 4.09. The van der Waals surface area contributed by atoms with Crippen molar-refractivity contribution in [2.75, 3.05) is 5.32 Å². The minimum atomic E-state index is -1.00. The van der Waals surface area contributed by atoms with E-state index in [4.69, 9.17) is 0 Å². The molecule has 6 heteroatoms. The van der Waals surface area contributed by atoms with Gasteiger partial charge in [-0.2, -0.15) is 0 Å². The molecule has 0 saturated heterocycles. The lowest BCUT2D eigenvalue weighted by atomic mass is 9.99. The summed E-state index contributed by atoms with van der Waals surface area (Å²) in [6.45, 7) is 5.40. The van der Waals surface area contributed by atoms with Crippen molar-refractivity contribution in [3.05, 3.63) is 64.2 Å². The first-order valence-electron chi connectivity index (χ1n) is 6.93. The van der Waals surface area contributed by atoms with E-state index in [2.05, 4.69) is 5.32 Å². The van der Waals surface area contributed by atoms with Gasteiger partial charge in [-0.15, -0.1) is 0 Å². The number of carbonyl (C=O) groups excluding carboxylic acids is 2. The zero-order chi connectivity index (χ0) is 17.1. The molecule has 0 bridgehead atoms. The second kappa shape index (κ2) is 6.56. The van der Waals surface area contributed by atoms with E-state index >= 15 is 0 Å². The summed E-state index contributed by atoms with van der Waals surface area (Å²) in [4.78, 5) is 24.0. The second-order valence-electron chi connectivity index (χ2n) is 5.28. The Kier molecular flexibility index (Phi) is 4.74. The van der Waals surface area contributed by atoms with Crippen LogP contribution >= 0.6 is 0 Å². The Morgan fingerprint density at radius 2 is 1.48 bits per heavy atom. The summed E-state index contributed by atoms with van der Waals surface area (Å²) < 4.78 is 27.0. The van der Waals surface area contributed by atoms with Crippen LogP contribution in [0.2, 0.25) is 0 Å². The molecule has 2 rings (SSSR count). The van der Waals surface area contributed by atoms with Crippen molar-refractivity contribution < 1.29 is 18.4 Å². The molecule has 0 atom stereocenters. The highest BCUT2D eigenvalue weighted by Crippen LogP contribution is 2.18. The fraction of sp³-hybridized carbons (Fsp3) is 0.176. The van der Waals surface area contributed by atoms with Crippen molar-refractivity contribution in [2.45, 2.75) is 20.8 Å². The van der Waals surface area contributed by atoms with Crippen molar-refractivity contribution in [2.24, 2.45) is 0 Å². The van der Waals surface area contributed by atoms with Crippen LogP contribution in [-0.2, 0) is 0 Å². The predicted molar refractivity (Wildman–Crippen MR) is 83.5 cm³/mol. The van der Waals surface area contributed by atoms with E-state index in [1.165, 1.54) is 6.07 Å². The van der Waals surface area contributed by atoms with Crippen molar-refractivity contribution in [1.29, 1.82) is 0 Å². The van der Waals surface area contributed by atoms with Gasteiger partial charge in [0.1, 0.15) is 17.3 Å². The average Bonchev–Trinajstić information content (AvgIpc) is 2.41. The summed E-state index contributed by atoms with van der Waals surface area (Å²) in [7, 11) is 0. The topological polar surface area (TPSA) is 58.2 Å². The van der Waals surface area contributed by atoms with Crippen LogP contribution in [-0.4, -0.2) is 11.9 Å². The van der Waals surface area contributed by atoms with Crippen LogP contribution in [0.5, 0.6) is 0 Å². The van der Waals surface area contributed by atoms with Crippen LogP contribution in [0, 0.1) is 32.4 Å². The number of benzene rings is 2. The number of amides is 3. The van der Waals surface area contributed by atoms with Crippen LogP contribution in [0.15, 0.2) is 30.3 Å². The summed E-state index contributed by atoms with van der Waals surface area (Å²) >= 11 is 0. The number of aryl methyl sites for hydroxylation is 3. The summed E-state index contributed by atoms with van der Waals surface area (Å²) in [6.07, 6.45) is 0. The molecule has 3 amide bonds. The van der Waals surface area contributed by atoms with Gasteiger partial charge in [0.2, 0.25) is 0 Å². The Morgan fingerprint density at radius 1 is 0.957 bits per heavy atom. The SMILES string of the molecule is Cc1cc(C)c(C(=O)NC(=O)Nc2c(F)cccc2F)c(C)c1. The third-order valence-corrected chi connectivity index (χ3v) is 3.33. The minimum Gasteiger partial charge on any atom is -0.302 e. The monoisotopic (exact) mass is 318 g/mol. The zero-order valence-electron chi connectivity index (χ0n) is 13.0. The summed E-state index contributed by atoms with van der Waals surface area (Å²) in [5.74, 6) is -2.47. The van der Waals surface area contributed by atoms with Gasteiger partial charge in [0, 0.05) is 5.56 Å². The van der Waals surface area contributed by atoms with Gasteiger partial charge in [-0.05, 0) is 44.0 Å². The third-order valence-electron chi connectivity index (χ3n) is 3.33. The standard InChI is InChI=1S/C17H16F2N2O2/c1-9-7-10(2)14(11(3)8-9)16(22)21-17(23)20-15-12(18)5-4-6-13(15)19/h4-8H,1-3H3,(H2,20,21,22,23). The number of para-hydroxylation sites is 1. The zero-order valence-corrected chi connectivity index (χ0v) is 13.0. The maximum absolute atomic E-state index is 13.5. The number of carbonyl (C=O) groups is 2. The number of hydrogen-bond donors (Lipinski definition) is 2. The molecule has 2 aromatic rings. The van der Waals surface area contributed by atoms with E-state index < -0.39 is 29.3 Å². The first kappa shape index (κ1) is 16.6. The molecule has 0 heterocycles.